The Kier molecular flexibility index (Phi) is 4.92. The van der Waals surface area contributed by atoms with Gasteiger partial charge in [0.05, 0.1) is 21.5 Å². The molecule has 8 aromatic rings. The summed E-state index contributed by atoms with van der Waals surface area (Å²) in [6.07, 6.45) is 0. The van der Waals surface area contributed by atoms with Gasteiger partial charge in [0.1, 0.15) is 16.7 Å². The highest BCUT2D eigenvalue weighted by Crippen LogP contribution is 2.38. The molecule has 0 spiro atoms. The largest absolute Gasteiger partial charge is 0.455 e. The fraction of sp³-hybridized carbons (Fsp3) is 0. The van der Waals surface area contributed by atoms with Crippen molar-refractivity contribution in [1.29, 1.82) is 0 Å². The van der Waals surface area contributed by atoms with Gasteiger partial charge >= 0.3 is 0 Å². The molecule has 0 unspecified atom stereocenters. The first-order valence-electron chi connectivity index (χ1n) is 12.8. The standard InChI is InChI=1S/C34H14F4O4/c35-23-9-8-19-31(39)28-20-11-17(6-5-15(20)7-10-26(28)41-34(19)30(23)38)21-12-16-3-1-2-4-18(16)29-32(40)22-13-24(36)25(37)14-27(22)42-33(21)29/h1-14H. The second kappa shape index (κ2) is 8.50. The number of benzene rings is 6. The van der Waals surface area contributed by atoms with E-state index in [0.29, 0.717) is 32.7 Å². The van der Waals surface area contributed by atoms with E-state index in [1.165, 1.54) is 12.1 Å². The van der Waals surface area contributed by atoms with Gasteiger partial charge in [0.25, 0.3) is 0 Å². The van der Waals surface area contributed by atoms with Crippen LogP contribution in [0.25, 0.3) is 76.5 Å². The lowest BCUT2D eigenvalue weighted by Gasteiger charge is -2.12. The van der Waals surface area contributed by atoms with Gasteiger partial charge in [0, 0.05) is 11.6 Å². The van der Waals surface area contributed by atoms with E-state index in [2.05, 4.69) is 0 Å². The second-order valence-corrected chi connectivity index (χ2v) is 10.1. The zero-order chi connectivity index (χ0) is 28.9. The first-order chi connectivity index (χ1) is 20.3. The van der Waals surface area contributed by atoms with Gasteiger partial charge in [0.2, 0.25) is 16.7 Å². The summed E-state index contributed by atoms with van der Waals surface area (Å²) in [7, 11) is 0. The summed E-state index contributed by atoms with van der Waals surface area (Å²) in [5, 5.41) is 2.59. The molecule has 0 fully saturated rings. The van der Waals surface area contributed by atoms with E-state index in [1.54, 1.807) is 36.4 Å². The van der Waals surface area contributed by atoms with E-state index in [9.17, 15) is 27.2 Å². The van der Waals surface area contributed by atoms with Crippen molar-refractivity contribution in [1.82, 2.24) is 0 Å². The van der Waals surface area contributed by atoms with Crippen LogP contribution in [0.15, 0.2) is 103 Å². The average molecular weight is 562 g/mol. The summed E-state index contributed by atoms with van der Waals surface area (Å²) < 4.78 is 68.4. The lowest BCUT2D eigenvalue weighted by molar-refractivity contribution is 0.496. The minimum atomic E-state index is -1.25. The summed E-state index contributed by atoms with van der Waals surface area (Å²) in [6.45, 7) is 0. The Labute approximate surface area is 231 Å². The summed E-state index contributed by atoms with van der Waals surface area (Å²) in [5.74, 6) is -4.70. The quantitative estimate of drug-likeness (QED) is 0.114. The molecule has 2 heterocycles. The van der Waals surface area contributed by atoms with Crippen molar-refractivity contribution in [3.63, 3.8) is 0 Å². The van der Waals surface area contributed by atoms with Crippen molar-refractivity contribution >= 4 is 65.4 Å². The lowest BCUT2D eigenvalue weighted by Crippen LogP contribution is -2.05. The van der Waals surface area contributed by atoms with E-state index in [0.717, 1.165) is 18.2 Å². The van der Waals surface area contributed by atoms with Crippen LogP contribution < -0.4 is 10.9 Å². The summed E-state index contributed by atoms with van der Waals surface area (Å²) in [5.41, 5.74) is -0.379. The van der Waals surface area contributed by atoms with E-state index in [4.69, 9.17) is 8.83 Å². The maximum atomic E-state index is 14.5. The number of hydrogen-bond donors (Lipinski definition) is 0. The Morgan fingerprint density at radius 3 is 2.10 bits per heavy atom. The molecule has 8 rings (SSSR count). The van der Waals surface area contributed by atoms with Crippen LogP contribution in [0.5, 0.6) is 0 Å². The lowest BCUT2D eigenvalue weighted by atomic mass is 9.94. The Bertz CT molecular complexity index is 2620. The third-order valence-corrected chi connectivity index (χ3v) is 7.74. The molecule has 0 radical (unpaired) electrons. The molecular weight excluding hydrogens is 548 g/mol. The number of fused-ring (bicyclic) bond motifs is 8. The average Bonchev–Trinajstić information content (AvgIpc) is 2.99. The SMILES string of the molecule is O=c1c2ccc(F)c(F)c2oc2ccc3ccc(-c4cc5ccccc5c5c(=O)c6cc(F)c(F)cc6oc45)cc3c12. The van der Waals surface area contributed by atoms with Crippen molar-refractivity contribution in [2.75, 3.05) is 0 Å². The molecule has 0 aliphatic heterocycles. The third-order valence-electron chi connectivity index (χ3n) is 7.74. The fourth-order valence-electron chi connectivity index (χ4n) is 5.75. The molecule has 4 nitrogen and oxygen atoms in total. The Balaban J connectivity index is 1.51. The molecular formula is C34H14F4O4. The minimum absolute atomic E-state index is 0.0695. The molecule has 0 aliphatic carbocycles. The molecule has 8 heteroatoms. The first-order valence-corrected chi connectivity index (χ1v) is 12.8. The number of rotatable bonds is 1. The van der Waals surface area contributed by atoms with Crippen LogP contribution in [0, 0.1) is 23.3 Å². The molecule has 202 valence electrons. The normalized spacial score (nSPS) is 12.0. The molecule has 0 saturated heterocycles. The van der Waals surface area contributed by atoms with Crippen LogP contribution in [-0.4, -0.2) is 0 Å². The minimum Gasteiger partial charge on any atom is -0.455 e. The fourth-order valence-corrected chi connectivity index (χ4v) is 5.75. The van der Waals surface area contributed by atoms with E-state index in [1.807, 2.05) is 18.2 Å². The van der Waals surface area contributed by atoms with Crippen LogP contribution in [0.2, 0.25) is 0 Å². The molecule has 2 aromatic heterocycles. The van der Waals surface area contributed by atoms with Crippen LogP contribution in [0.3, 0.4) is 0 Å². The second-order valence-electron chi connectivity index (χ2n) is 10.1. The topological polar surface area (TPSA) is 60.4 Å². The monoisotopic (exact) mass is 562 g/mol. The van der Waals surface area contributed by atoms with Crippen molar-refractivity contribution in [2.24, 2.45) is 0 Å². The van der Waals surface area contributed by atoms with Crippen molar-refractivity contribution in [2.45, 2.75) is 0 Å². The van der Waals surface area contributed by atoms with Gasteiger partial charge in [-0.2, -0.15) is 4.39 Å². The highest BCUT2D eigenvalue weighted by atomic mass is 19.2. The van der Waals surface area contributed by atoms with E-state index in [-0.39, 0.29) is 38.3 Å². The van der Waals surface area contributed by atoms with E-state index >= 15 is 0 Å². The van der Waals surface area contributed by atoms with Gasteiger partial charge in [-0.3, -0.25) is 9.59 Å². The Hall–Kier alpha value is -5.50. The molecule has 0 N–H and O–H groups in total. The number of hydrogen-bond acceptors (Lipinski definition) is 4. The van der Waals surface area contributed by atoms with Crippen LogP contribution in [-0.2, 0) is 0 Å². The van der Waals surface area contributed by atoms with Crippen LogP contribution in [0.4, 0.5) is 17.6 Å². The third kappa shape index (κ3) is 3.29. The first kappa shape index (κ1) is 24.3. The van der Waals surface area contributed by atoms with Crippen molar-refractivity contribution in [3.05, 3.63) is 129 Å². The zero-order valence-electron chi connectivity index (χ0n) is 21.2. The number of halogens is 4. The van der Waals surface area contributed by atoms with Crippen LogP contribution in [0.1, 0.15) is 0 Å². The van der Waals surface area contributed by atoms with Gasteiger partial charge in [-0.05, 0) is 63.5 Å². The maximum Gasteiger partial charge on any atom is 0.202 e. The molecule has 0 saturated carbocycles. The van der Waals surface area contributed by atoms with Gasteiger partial charge in [-0.15, -0.1) is 0 Å². The zero-order valence-corrected chi connectivity index (χ0v) is 21.2. The Morgan fingerprint density at radius 1 is 0.500 bits per heavy atom. The molecule has 0 aliphatic rings. The van der Waals surface area contributed by atoms with Crippen molar-refractivity contribution in [3.8, 4) is 11.1 Å². The molecule has 0 atom stereocenters. The molecule has 42 heavy (non-hydrogen) atoms. The van der Waals surface area contributed by atoms with Gasteiger partial charge in [-0.25, -0.2) is 13.2 Å². The smallest absolute Gasteiger partial charge is 0.202 e. The van der Waals surface area contributed by atoms with Gasteiger partial charge < -0.3 is 8.83 Å². The predicted octanol–water partition coefficient (Wildman–Crippen LogP) is 8.74. The predicted molar refractivity (Wildman–Crippen MR) is 154 cm³/mol. The van der Waals surface area contributed by atoms with Gasteiger partial charge in [0.15, 0.2) is 23.0 Å². The van der Waals surface area contributed by atoms with E-state index < -0.39 is 39.7 Å². The highest BCUT2D eigenvalue weighted by molar-refractivity contribution is 6.15. The van der Waals surface area contributed by atoms with Gasteiger partial charge in [-0.1, -0.05) is 42.5 Å². The van der Waals surface area contributed by atoms with Crippen molar-refractivity contribution < 1.29 is 26.4 Å². The van der Waals surface area contributed by atoms with Crippen LogP contribution >= 0.6 is 0 Å². The molecule has 6 aromatic carbocycles. The Morgan fingerprint density at radius 2 is 1.24 bits per heavy atom. The summed E-state index contributed by atoms with van der Waals surface area (Å²) in [4.78, 5) is 27.3. The molecule has 0 bridgehead atoms. The molecule has 0 amide bonds. The summed E-state index contributed by atoms with van der Waals surface area (Å²) >= 11 is 0. The maximum absolute atomic E-state index is 14.5. The highest BCUT2D eigenvalue weighted by Gasteiger charge is 2.20. The summed E-state index contributed by atoms with van der Waals surface area (Å²) in [6, 6.07) is 21.2.